The Kier molecular flexibility index (Phi) is 2.98. The summed E-state index contributed by atoms with van der Waals surface area (Å²) in [5.74, 6) is -1.15. The van der Waals surface area contributed by atoms with E-state index in [9.17, 15) is 9.90 Å². The van der Waals surface area contributed by atoms with Crippen molar-refractivity contribution in [1.82, 2.24) is 0 Å². The molecule has 2 aromatic rings. The lowest BCUT2D eigenvalue weighted by molar-refractivity contribution is -0.132. The zero-order valence-electron chi connectivity index (χ0n) is 9.29. The number of fused-ring (bicyclic) bond motifs is 1. The minimum Gasteiger partial charge on any atom is -0.507 e. The van der Waals surface area contributed by atoms with Gasteiger partial charge in [-0.25, -0.2) is 4.79 Å². The molecule has 18 heavy (non-hydrogen) atoms. The second-order valence-electron chi connectivity index (χ2n) is 3.69. The fourth-order valence-corrected chi connectivity index (χ4v) is 1.73. The molecule has 0 aromatic heterocycles. The second-order valence-corrected chi connectivity index (χ2v) is 3.69. The van der Waals surface area contributed by atoms with Crippen LogP contribution in [0.5, 0.6) is 5.75 Å². The number of carboxylic acids is 1. The Labute approximate surface area is 103 Å². The van der Waals surface area contributed by atoms with Crippen LogP contribution < -0.4 is 0 Å². The third kappa shape index (κ3) is 2.02. The summed E-state index contributed by atoms with van der Waals surface area (Å²) in [5.41, 5.74) is 0.244. The number of hydrogen-bond acceptors (Lipinski definition) is 3. The van der Waals surface area contributed by atoms with Crippen molar-refractivity contribution in [1.29, 1.82) is 5.26 Å². The van der Waals surface area contributed by atoms with Crippen LogP contribution in [0.25, 0.3) is 16.8 Å². The van der Waals surface area contributed by atoms with Crippen LogP contribution in [0, 0.1) is 11.3 Å². The van der Waals surface area contributed by atoms with Gasteiger partial charge in [-0.1, -0.05) is 30.3 Å². The number of aliphatic carboxylic acids is 1. The van der Waals surface area contributed by atoms with Crippen LogP contribution in [0.15, 0.2) is 42.0 Å². The van der Waals surface area contributed by atoms with Crippen molar-refractivity contribution in [2.24, 2.45) is 0 Å². The van der Waals surface area contributed by atoms with Crippen LogP contribution >= 0.6 is 0 Å². The van der Waals surface area contributed by atoms with E-state index in [1.165, 1.54) is 12.1 Å². The summed E-state index contributed by atoms with van der Waals surface area (Å²) in [5, 5.41) is 28.6. The lowest BCUT2D eigenvalue weighted by Gasteiger charge is -2.04. The number of phenolic OH excluding ortho intramolecular Hbond substituents is 1. The van der Waals surface area contributed by atoms with Crippen LogP contribution in [0.4, 0.5) is 0 Å². The first kappa shape index (κ1) is 11.7. The molecule has 0 aliphatic carbocycles. The lowest BCUT2D eigenvalue weighted by atomic mass is 10.0. The van der Waals surface area contributed by atoms with Gasteiger partial charge in [0.2, 0.25) is 0 Å². The maximum absolute atomic E-state index is 10.8. The minimum atomic E-state index is -1.27. The van der Waals surface area contributed by atoms with Gasteiger partial charge in [-0.05, 0) is 23.1 Å². The lowest BCUT2D eigenvalue weighted by Crippen LogP contribution is -1.97. The first-order valence-corrected chi connectivity index (χ1v) is 5.19. The average Bonchev–Trinajstić information content (AvgIpc) is 2.38. The van der Waals surface area contributed by atoms with Gasteiger partial charge in [0.1, 0.15) is 17.4 Å². The number of benzene rings is 2. The summed E-state index contributed by atoms with van der Waals surface area (Å²) in [6.45, 7) is 0. The molecule has 0 bridgehead atoms. The molecule has 0 amide bonds. The van der Waals surface area contributed by atoms with E-state index >= 15 is 0 Å². The largest absolute Gasteiger partial charge is 0.507 e. The number of nitriles is 1. The first-order valence-electron chi connectivity index (χ1n) is 5.19. The molecule has 2 rings (SSSR count). The molecule has 4 heteroatoms. The molecule has 0 unspecified atom stereocenters. The Bertz CT molecular complexity index is 696. The van der Waals surface area contributed by atoms with E-state index in [-0.39, 0.29) is 11.3 Å². The average molecular weight is 239 g/mol. The third-order valence-electron chi connectivity index (χ3n) is 2.59. The van der Waals surface area contributed by atoms with Gasteiger partial charge in [0.15, 0.2) is 0 Å². The smallest absolute Gasteiger partial charge is 0.346 e. The van der Waals surface area contributed by atoms with Gasteiger partial charge in [0.05, 0.1) is 0 Å². The molecule has 88 valence electrons. The van der Waals surface area contributed by atoms with Crippen molar-refractivity contribution in [3.05, 3.63) is 47.5 Å². The van der Waals surface area contributed by atoms with Gasteiger partial charge in [-0.2, -0.15) is 5.26 Å². The van der Waals surface area contributed by atoms with Crippen LogP contribution in [0.3, 0.4) is 0 Å². The fourth-order valence-electron chi connectivity index (χ4n) is 1.73. The van der Waals surface area contributed by atoms with Crippen molar-refractivity contribution < 1.29 is 15.0 Å². The van der Waals surface area contributed by atoms with Crippen molar-refractivity contribution in [3.63, 3.8) is 0 Å². The predicted octanol–water partition coefficient (Wildman–Crippen LogP) is 2.54. The summed E-state index contributed by atoms with van der Waals surface area (Å²) in [7, 11) is 0. The normalized spacial score (nSPS) is 11.2. The molecule has 0 fully saturated rings. The summed E-state index contributed by atoms with van der Waals surface area (Å²) < 4.78 is 0. The molecular formula is C14H9NO3. The van der Waals surface area contributed by atoms with Crippen LogP contribution in [0.2, 0.25) is 0 Å². The number of carbonyl (C=O) groups is 1. The Morgan fingerprint density at radius 2 is 1.83 bits per heavy atom. The monoisotopic (exact) mass is 239 g/mol. The number of carboxylic acid groups (broad SMARTS) is 1. The minimum absolute atomic E-state index is 0.122. The molecule has 0 saturated heterocycles. The van der Waals surface area contributed by atoms with Crippen LogP contribution in [-0.4, -0.2) is 16.2 Å². The Balaban J connectivity index is 2.71. The highest BCUT2D eigenvalue weighted by Gasteiger charge is 2.08. The highest BCUT2D eigenvalue weighted by atomic mass is 16.4. The molecule has 0 atom stereocenters. The van der Waals surface area contributed by atoms with Crippen molar-refractivity contribution in [3.8, 4) is 11.8 Å². The predicted molar refractivity (Wildman–Crippen MR) is 66.8 cm³/mol. The highest BCUT2D eigenvalue weighted by molar-refractivity contribution is 6.01. The maximum Gasteiger partial charge on any atom is 0.346 e. The van der Waals surface area contributed by atoms with E-state index in [4.69, 9.17) is 10.4 Å². The number of aromatic hydroxyl groups is 1. The molecule has 0 heterocycles. The molecule has 2 N–H and O–H groups in total. The number of phenols is 1. The summed E-state index contributed by atoms with van der Waals surface area (Å²) in [6.07, 6.45) is 1.30. The zero-order chi connectivity index (χ0) is 13.1. The zero-order valence-corrected chi connectivity index (χ0v) is 9.29. The number of rotatable bonds is 2. The van der Waals surface area contributed by atoms with E-state index in [1.807, 2.05) is 0 Å². The molecule has 4 nitrogen and oxygen atoms in total. The molecule has 0 aliphatic rings. The van der Waals surface area contributed by atoms with Crippen LogP contribution in [0.1, 0.15) is 5.56 Å². The molecule has 2 aromatic carbocycles. The van der Waals surface area contributed by atoms with Gasteiger partial charge < -0.3 is 10.2 Å². The van der Waals surface area contributed by atoms with E-state index < -0.39 is 5.97 Å². The summed E-state index contributed by atoms with van der Waals surface area (Å²) in [4.78, 5) is 10.8. The summed E-state index contributed by atoms with van der Waals surface area (Å²) in [6, 6.07) is 11.7. The van der Waals surface area contributed by atoms with Gasteiger partial charge in [0, 0.05) is 5.39 Å². The van der Waals surface area contributed by atoms with Gasteiger partial charge in [-0.15, -0.1) is 0 Å². The van der Waals surface area contributed by atoms with Crippen molar-refractivity contribution in [2.75, 3.05) is 0 Å². The van der Waals surface area contributed by atoms with E-state index in [2.05, 4.69) is 0 Å². The maximum atomic E-state index is 10.8. The standard InChI is InChI=1S/C14H9NO3/c15-8-10(14(17)18)7-9-5-6-13(16)12-4-2-1-3-11(9)12/h1-7,16H,(H,17,18). The fraction of sp³-hybridized carbons (Fsp3) is 0. The highest BCUT2D eigenvalue weighted by Crippen LogP contribution is 2.28. The van der Waals surface area contributed by atoms with E-state index in [0.29, 0.717) is 16.3 Å². The summed E-state index contributed by atoms with van der Waals surface area (Å²) >= 11 is 0. The number of hydrogen-bond donors (Lipinski definition) is 2. The van der Waals surface area contributed by atoms with Crippen molar-refractivity contribution >= 4 is 22.8 Å². The van der Waals surface area contributed by atoms with Gasteiger partial charge >= 0.3 is 5.97 Å². The molecule has 0 saturated carbocycles. The molecule has 0 spiro atoms. The van der Waals surface area contributed by atoms with E-state index in [0.717, 1.165) is 0 Å². The molecule has 0 aliphatic heterocycles. The van der Waals surface area contributed by atoms with Gasteiger partial charge in [0.25, 0.3) is 0 Å². The van der Waals surface area contributed by atoms with E-state index in [1.54, 1.807) is 36.4 Å². The van der Waals surface area contributed by atoms with Crippen LogP contribution in [-0.2, 0) is 4.79 Å². The Morgan fingerprint density at radius 1 is 1.17 bits per heavy atom. The second kappa shape index (κ2) is 4.60. The Hall–Kier alpha value is -2.80. The molecular weight excluding hydrogens is 230 g/mol. The first-order chi connectivity index (χ1) is 8.63. The SMILES string of the molecule is N#CC(=Cc1ccc(O)c2ccccc12)C(=O)O. The van der Waals surface area contributed by atoms with Gasteiger partial charge in [-0.3, -0.25) is 0 Å². The topological polar surface area (TPSA) is 81.3 Å². The third-order valence-corrected chi connectivity index (χ3v) is 2.59. The molecule has 0 radical (unpaired) electrons. The quantitative estimate of drug-likeness (QED) is 0.623. The number of nitrogens with zero attached hydrogens (tertiary/aromatic N) is 1. The Morgan fingerprint density at radius 3 is 2.44 bits per heavy atom. The van der Waals surface area contributed by atoms with Crippen molar-refractivity contribution in [2.45, 2.75) is 0 Å².